The largest absolute Gasteiger partial charge is 0.314 e. The zero-order valence-electron chi connectivity index (χ0n) is 10.1. The summed E-state index contributed by atoms with van der Waals surface area (Å²) in [6.07, 6.45) is 9.79. The fraction of sp³-hybridized carbons (Fsp3) is 1.00. The lowest BCUT2D eigenvalue weighted by Gasteiger charge is -2.11. The normalized spacial score (nSPS) is 23.0. The number of rotatable bonds is 9. The molecule has 0 heterocycles. The molecule has 0 bridgehead atoms. The van der Waals surface area contributed by atoms with Crippen molar-refractivity contribution < 1.29 is 0 Å². The minimum atomic E-state index is 0.883. The number of nitrogens with one attached hydrogen (secondary N) is 2. The molecule has 2 fully saturated rings. The van der Waals surface area contributed by atoms with Crippen LogP contribution in [0.4, 0.5) is 0 Å². The quantitative estimate of drug-likeness (QED) is 0.571. The molecule has 0 saturated heterocycles. The fourth-order valence-corrected chi connectivity index (χ4v) is 2.01. The van der Waals surface area contributed by atoms with Gasteiger partial charge in [-0.05, 0) is 64.0 Å². The summed E-state index contributed by atoms with van der Waals surface area (Å²) in [7, 11) is 0. The van der Waals surface area contributed by atoms with Crippen LogP contribution in [-0.2, 0) is 0 Å². The summed E-state index contributed by atoms with van der Waals surface area (Å²) in [6, 6.07) is 1.77. The van der Waals surface area contributed by atoms with Gasteiger partial charge in [0.2, 0.25) is 0 Å². The number of hydrogen-bond donors (Lipinski definition) is 2. The molecule has 2 nitrogen and oxygen atoms in total. The van der Waals surface area contributed by atoms with Gasteiger partial charge in [-0.3, -0.25) is 0 Å². The lowest BCUT2D eigenvalue weighted by molar-refractivity contribution is 0.447. The minimum Gasteiger partial charge on any atom is -0.314 e. The first-order valence-corrected chi connectivity index (χ1v) is 6.81. The molecule has 2 heteroatoms. The SMILES string of the molecule is CC(CCCNC1CC1)CCNC1CC1. The molecule has 0 aromatic carbocycles. The predicted molar refractivity (Wildman–Crippen MR) is 65.1 cm³/mol. The van der Waals surface area contributed by atoms with Gasteiger partial charge in [0.05, 0.1) is 0 Å². The maximum atomic E-state index is 3.59. The van der Waals surface area contributed by atoms with E-state index in [1.807, 2.05) is 0 Å². The average Bonchev–Trinajstić information content (AvgIpc) is 3.06. The summed E-state index contributed by atoms with van der Waals surface area (Å²) in [5.41, 5.74) is 0. The maximum Gasteiger partial charge on any atom is 0.00682 e. The Hall–Kier alpha value is -0.0800. The Morgan fingerprint density at radius 3 is 2.13 bits per heavy atom. The van der Waals surface area contributed by atoms with Gasteiger partial charge in [-0.2, -0.15) is 0 Å². The molecule has 2 aliphatic rings. The standard InChI is InChI=1S/C13H26N2/c1-11(8-10-15-13-6-7-13)3-2-9-14-12-4-5-12/h11-15H,2-10H2,1H3. The molecule has 0 amide bonds. The first-order valence-electron chi connectivity index (χ1n) is 6.81. The highest BCUT2D eigenvalue weighted by Gasteiger charge is 2.20. The molecule has 0 spiro atoms. The molecule has 0 aliphatic heterocycles. The number of hydrogen-bond acceptors (Lipinski definition) is 2. The van der Waals surface area contributed by atoms with E-state index in [-0.39, 0.29) is 0 Å². The highest BCUT2D eigenvalue weighted by molar-refractivity contribution is 4.81. The van der Waals surface area contributed by atoms with Gasteiger partial charge >= 0.3 is 0 Å². The van der Waals surface area contributed by atoms with Gasteiger partial charge in [-0.15, -0.1) is 0 Å². The second-order valence-corrected chi connectivity index (χ2v) is 5.49. The Bertz CT molecular complexity index is 173. The van der Waals surface area contributed by atoms with Gasteiger partial charge in [0.25, 0.3) is 0 Å². The van der Waals surface area contributed by atoms with Gasteiger partial charge < -0.3 is 10.6 Å². The van der Waals surface area contributed by atoms with Crippen molar-refractivity contribution in [3.8, 4) is 0 Å². The van der Waals surface area contributed by atoms with Crippen molar-refractivity contribution in [3.63, 3.8) is 0 Å². The van der Waals surface area contributed by atoms with E-state index in [1.54, 1.807) is 0 Å². The molecule has 2 saturated carbocycles. The highest BCUT2D eigenvalue weighted by Crippen LogP contribution is 2.20. The summed E-state index contributed by atoms with van der Waals surface area (Å²) in [6.45, 7) is 4.87. The molecule has 15 heavy (non-hydrogen) atoms. The van der Waals surface area contributed by atoms with E-state index in [9.17, 15) is 0 Å². The maximum absolute atomic E-state index is 3.59. The average molecular weight is 210 g/mol. The highest BCUT2D eigenvalue weighted by atomic mass is 14.9. The summed E-state index contributed by atoms with van der Waals surface area (Å²) in [5.74, 6) is 0.900. The Morgan fingerprint density at radius 2 is 1.53 bits per heavy atom. The lowest BCUT2D eigenvalue weighted by atomic mass is 10.0. The van der Waals surface area contributed by atoms with Crippen LogP contribution in [0.1, 0.15) is 51.9 Å². The summed E-state index contributed by atoms with van der Waals surface area (Å²) < 4.78 is 0. The van der Waals surface area contributed by atoms with Crippen molar-refractivity contribution in [1.29, 1.82) is 0 Å². The lowest BCUT2D eigenvalue weighted by Crippen LogP contribution is -2.21. The van der Waals surface area contributed by atoms with Crippen LogP contribution >= 0.6 is 0 Å². The zero-order valence-corrected chi connectivity index (χ0v) is 10.1. The molecule has 2 rings (SSSR count). The van der Waals surface area contributed by atoms with Gasteiger partial charge in [0.15, 0.2) is 0 Å². The molecule has 88 valence electrons. The molecule has 1 atom stereocenters. The van der Waals surface area contributed by atoms with E-state index in [4.69, 9.17) is 0 Å². The first-order chi connectivity index (χ1) is 7.34. The third kappa shape index (κ3) is 5.53. The van der Waals surface area contributed by atoms with Gasteiger partial charge in [0, 0.05) is 12.1 Å². The van der Waals surface area contributed by atoms with Gasteiger partial charge in [-0.25, -0.2) is 0 Å². The molecular formula is C13H26N2. The summed E-state index contributed by atoms with van der Waals surface area (Å²) in [5, 5.41) is 7.17. The molecule has 1 unspecified atom stereocenters. The van der Waals surface area contributed by atoms with E-state index in [0.29, 0.717) is 0 Å². The van der Waals surface area contributed by atoms with Gasteiger partial charge in [-0.1, -0.05) is 6.92 Å². The van der Waals surface area contributed by atoms with Crippen LogP contribution < -0.4 is 10.6 Å². The molecule has 0 aromatic heterocycles. The topological polar surface area (TPSA) is 24.1 Å². The van der Waals surface area contributed by atoms with E-state index in [1.165, 1.54) is 58.0 Å². The Labute approximate surface area is 94.2 Å². The van der Waals surface area contributed by atoms with Crippen molar-refractivity contribution in [2.24, 2.45) is 5.92 Å². The second-order valence-electron chi connectivity index (χ2n) is 5.49. The van der Waals surface area contributed by atoms with E-state index in [2.05, 4.69) is 17.6 Å². The van der Waals surface area contributed by atoms with Gasteiger partial charge in [0.1, 0.15) is 0 Å². The van der Waals surface area contributed by atoms with E-state index in [0.717, 1.165) is 18.0 Å². The molecule has 2 N–H and O–H groups in total. The Morgan fingerprint density at radius 1 is 0.933 bits per heavy atom. The third-order valence-electron chi connectivity index (χ3n) is 3.53. The van der Waals surface area contributed by atoms with Crippen molar-refractivity contribution in [1.82, 2.24) is 10.6 Å². The van der Waals surface area contributed by atoms with Crippen molar-refractivity contribution >= 4 is 0 Å². The predicted octanol–water partition coefficient (Wildman–Crippen LogP) is 2.30. The van der Waals surface area contributed by atoms with Crippen LogP contribution in [0.5, 0.6) is 0 Å². The molecule has 2 aliphatic carbocycles. The fourth-order valence-electron chi connectivity index (χ4n) is 2.01. The summed E-state index contributed by atoms with van der Waals surface area (Å²) >= 11 is 0. The Kier molecular flexibility index (Phi) is 4.45. The second kappa shape index (κ2) is 5.86. The zero-order chi connectivity index (χ0) is 10.5. The van der Waals surface area contributed by atoms with Crippen LogP contribution in [0.15, 0.2) is 0 Å². The first kappa shape index (κ1) is 11.4. The van der Waals surface area contributed by atoms with Crippen LogP contribution in [0.3, 0.4) is 0 Å². The van der Waals surface area contributed by atoms with Crippen LogP contribution in [0.25, 0.3) is 0 Å². The van der Waals surface area contributed by atoms with E-state index >= 15 is 0 Å². The monoisotopic (exact) mass is 210 g/mol. The van der Waals surface area contributed by atoms with Crippen LogP contribution in [0, 0.1) is 5.92 Å². The van der Waals surface area contributed by atoms with Crippen molar-refractivity contribution in [2.75, 3.05) is 13.1 Å². The molecule has 0 radical (unpaired) electrons. The van der Waals surface area contributed by atoms with Crippen LogP contribution in [-0.4, -0.2) is 25.2 Å². The Balaban J connectivity index is 1.35. The van der Waals surface area contributed by atoms with Crippen molar-refractivity contribution in [3.05, 3.63) is 0 Å². The third-order valence-corrected chi connectivity index (χ3v) is 3.53. The molecule has 0 aromatic rings. The smallest absolute Gasteiger partial charge is 0.00682 e. The van der Waals surface area contributed by atoms with Crippen LogP contribution in [0.2, 0.25) is 0 Å². The molecular weight excluding hydrogens is 184 g/mol. The van der Waals surface area contributed by atoms with Crippen molar-refractivity contribution in [2.45, 2.75) is 64.0 Å². The van der Waals surface area contributed by atoms with E-state index < -0.39 is 0 Å². The minimum absolute atomic E-state index is 0.883. The summed E-state index contributed by atoms with van der Waals surface area (Å²) in [4.78, 5) is 0.